The number of rotatable bonds is 4. The SMILES string of the molecule is COc1ccnc(OC)c1CS(N)(=O)=O. The molecule has 2 N–H and O–H groups in total. The molecule has 6 nitrogen and oxygen atoms in total. The minimum absolute atomic E-state index is 0.198. The van der Waals surface area contributed by atoms with Crippen molar-refractivity contribution in [3.05, 3.63) is 17.8 Å². The molecular formula is C8H12N2O4S. The second kappa shape index (κ2) is 4.45. The lowest BCUT2D eigenvalue weighted by Crippen LogP contribution is -2.16. The van der Waals surface area contributed by atoms with Crippen LogP contribution in [0.25, 0.3) is 0 Å². The molecule has 84 valence electrons. The summed E-state index contributed by atoms with van der Waals surface area (Å²) in [5.41, 5.74) is 0.324. The molecule has 0 aliphatic carbocycles. The highest BCUT2D eigenvalue weighted by atomic mass is 32.2. The number of ether oxygens (including phenoxy) is 2. The molecule has 1 rings (SSSR count). The van der Waals surface area contributed by atoms with Gasteiger partial charge in [0.25, 0.3) is 0 Å². The van der Waals surface area contributed by atoms with E-state index in [0.29, 0.717) is 11.3 Å². The molecule has 0 saturated heterocycles. The number of hydrogen-bond acceptors (Lipinski definition) is 5. The summed E-state index contributed by atoms with van der Waals surface area (Å²) in [6, 6.07) is 1.54. The van der Waals surface area contributed by atoms with Gasteiger partial charge in [-0.05, 0) is 6.07 Å². The van der Waals surface area contributed by atoms with E-state index in [1.165, 1.54) is 20.4 Å². The molecule has 0 aliphatic rings. The normalized spacial score (nSPS) is 11.1. The maximum Gasteiger partial charge on any atom is 0.221 e. The number of aromatic nitrogens is 1. The maximum absolute atomic E-state index is 11.0. The lowest BCUT2D eigenvalue weighted by atomic mass is 10.3. The molecule has 0 radical (unpaired) electrons. The first-order valence-electron chi connectivity index (χ1n) is 4.04. The Balaban J connectivity index is 3.22. The van der Waals surface area contributed by atoms with Crippen molar-refractivity contribution in [3.8, 4) is 11.6 Å². The van der Waals surface area contributed by atoms with Crippen LogP contribution >= 0.6 is 0 Å². The predicted octanol–water partition coefficient (Wildman–Crippen LogP) is -0.113. The van der Waals surface area contributed by atoms with Gasteiger partial charge >= 0.3 is 0 Å². The number of nitrogens with two attached hydrogens (primary N) is 1. The van der Waals surface area contributed by atoms with Gasteiger partial charge in [-0.2, -0.15) is 0 Å². The van der Waals surface area contributed by atoms with Gasteiger partial charge in [0.2, 0.25) is 15.9 Å². The first kappa shape index (κ1) is 11.7. The first-order valence-corrected chi connectivity index (χ1v) is 5.76. The Labute approximate surface area is 88.1 Å². The second-order valence-electron chi connectivity index (χ2n) is 2.81. The molecule has 0 amide bonds. The van der Waals surface area contributed by atoms with Crippen molar-refractivity contribution in [2.24, 2.45) is 5.14 Å². The standard InChI is InChI=1S/C8H12N2O4S/c1-13-7-3-4-10-8(14-2)6(7)5-15(9,11)12/h3-4H,5H2,1-2H3,(H2,9,11,12). The number of hydrogen-bond donors (Lipinski definition) is 1. The van der Waals surface area contributed by atoms with Gasteiger partial charge in [-0.25, -0.2) is 18.5 Å². The summed E-state index contributed by atoms with van der Waals surface area (Å²) in [6.07, 6.45) is 1.46. The number of nitrogens with zero attached hydrogens (tertiary/aromatic N) is 1. The summed E-state index contributed by atoms with van der Waals surface area (Å²) in [5, 5.41) is 4.95. The van der Waals surface area contributed by atoms with E-state index in [9.17, 15) is 8.42 Å². The van der Waals surface area contributed by atoms with Crippen LogP contribution in [-0.4, -0.2) is 27.6 Å². The maximum atomic E-state index is 11.0. The van der Waals surface area contributed by atoms with E-state index in [1.54, 1.807) is 6.07 Å². The average Bonchev–Trinajstić information content (AvgIpc) is 2.16. The average molecular weight is 232 g/mol. The van der Waals surface area contributed by atoms with Gasteiger partial charge in [0.05, 0.1) is 25.5 Å². The van der Waals surface area contributed by atoms with E-state index in [4.69, 9.17) is 14.6 Å². The minimum Gasteiger partial charge on any atom is -0.496 e. The molecule has 0 aliphatic heterocycles. The van der Waals surface area contributed by atoms with Crippen molar-refractivity contribution in [3.63, 3.8) is 0 Å². The number of pyridine rings is 1. The zero-order valence-corrected chi connectivity index (χ0v) is 9.24. The van der Waals surface area contributed by atoms with Crippen molar-refractivity contribution < 1.29 is 17.9 Å². The Morgan fingerprint density at radius 3 is 2.53 bits per heavy atom. The molecule has 15 heavy (non-hydrogen) atoms. The fraction of sp³-hybridized carbons (Fsp3) is 0.375. The van der Waals surface area contributed by atoms with Crippen molar-refractivity contribution in [1.29, 1.82) is 0 Å². The fourth-order valence-corrected chi connectivity index (χ4v) is 1.83. The third-order valence-electron chi connectivity index (χ3n) is 1.73. The molecular weight excluding hydrogens is 220 g/mol. The monoisotopic (exact) mass is 232 g/mol. The largest absolute Gasteiger partial charge is 0.496 e. The summed E-state index contributed by atoms with van der Waals surface area (Å²) in [5.74, 6) is 0.215. The Morgan fingerprint density at radius 1 is 1.40 bits per heavy atom. The summed E-state index contributed by atoms with van der Waals surface area (Å²) < 4.78 is 31.9. The molecule has 0 fully saturated rings. The zero-order chi connectivity index (χ0) is 11.5. The molecule has 0 unspecified atom stereocenters. The minimum atomic E-state index is -3.64. The Hall–Kier alpha value is -1.34. The smallest absolute Gasteiger partial charge is 0.221 e. The van der Waals surface area contributed by atoms with Crippen molar-refractivity contribution in [1.82, 2.24) is 4.98 Å². The van der Waals surface area contributed by atoms with Crippen LogP contribution in [0.1, 0.15) is 5.56 Å². The summed E-state index contributed by atoms with van der Waals surface area (Å²) in [6.45, 7) is 0. The molecule has 0 aromatic carbocycles. The van der Waals surface area contributed by atoms with Crippen molar-refractivity contribution >= 4 is 10.0 Å². The van der Waals surface area contributed by atoms with Gasteiger partial charge in [0.1, 0.15) is 5.75 Å². The van der Waals surface area contributed by atoms with Crippen LogP contribution in [0, 0.1) is 0 Å². The van der Waals surface area contributed by atoms with E-state index in [2.05, 4.69) is 4.98 Å². The van der Waals surface area contributed by atoms with Crippen LogP contribution in [0.15, 0.2) is 12.3 Å². The number of primary sulfonamides is 1. The van der Waals surface area contributed by atoms with Gasteiger partial charge < -0.3 is 9.47 Å². The van der Waals surface area contributed by atoms with E-state index in [-0.39, 0.29) is 11.6 Å². The lowest BCUT2D eigenvalue weighted by molar-refractivity contribution is 0.375. The molecule has 0 bridgehead atoms. The van der Waals surface area contributed by atoms with Gasteiger partial charge in [0.15, 0.2) is 0 Å². The van der Waals surface area contributed by atoms with Crippen LogP contribution in [0.2, 0.25) is 0 Å². The highest BCUT2D eigenvalue weighted by Gasteiger charge is 2.16. The Morgan fingerprint density at radius 2 is 2.07 bits per heavy atom. The quantitative estimate of drug-likeness (QED) is 0.781. The van der Waals surface area contributed by atoms with Gasteiger partial charge in [-0.15, -0.1) is 0 Å². The Kier molecular flexibility index (Phi) is 3.48. The van der Waals surface area contributed by atoms with Crippen LogP contribution < -0.4 is 14.6 Å². The summed E-state index contributed by atoms with van der Waals surface area (Å²) in [4.78, 5) is 3.87. The van der Waals surface area contributed by atoms with E-state index < -0.39 is 10.0 Å². The highest BCUT2D eigenvalue weighted by molar-refractivity contribution is 7.88. The van der Waals surface area contributed by atoms with Gasteiger partial charge in [-0.1, -0.05) is 0 Å². The highest BCUT2D eigenvalue weighted by Crippen LogP contribution is 2.26. The van der Waals surface area contributed by atoms with E-state index in [1.807, 2.05) is 0 Å². The van der Waals surface area contributed by atoms with Crippen LogP contribution in [-0.2, 0) is 15.8 Å². The van der Waals surface area contributed by atoms with E-state index in [0.717, 1.165) is 0 Å². The topological polar surface area (TPSA) is 91.5 Å². The molecule has 7 heteroatoms. The van der Waals surface area contributed by atoms with Crippen LogP contribution in [0.4, 0.5) is 0 Å². The number of sulfonamides is 1. The molecule has 0 saturated carbocycles. The molecule has 0 atom stereocenters. The first-order chi connectivity index (χ1) is 6.98. The third kappa shape index (κ3) is 3.07. The summed E-state index contributed by atoms with van der Waals surface area (Å²) in [7, 11) is -0.813. The zero-order valence-electron chi connectivity index (χ0n) is 8.43. The fourth-order valence-electron chi connectivity index (χ4n) is 1.16. The second-order valence-corrected chi connectivity index (χ2v) is 4.42. The lowest BCUT2D eigenvalue weighted by Gasteiger charge is -2.10. The molecule has 0 spiro atoms. The van der Waals surface area contributed by atoms with Crippen molar-refractivity contribution in [2.45, 2.75) is 5.75 Å². The molecule has 1 aromatic rings. The third-order valence-corrected chi connectivity index (χ3v) is 2.42. The summed E-state index contributed by atoms with van der Waals surface area (Å²) >= 11 is 0. The molecule has 1 aromatic heterocycles. The van der Waals surface area contributed by atoms with E-state index >= 15 is 0 Å². The molecule has 1 heterocycles. The number of methoxy groups -OCH3 is 2. The van der Waals surface area contributed by atoms with Gasteiger partial charge in [-0.3, -0.25) is 0 Å². The Bertz CT molecular complexity index is 422. The van der Waals surface area contributed by atoms with Crippen LogP contribution in [0.5, 0.6) is 11.6 Å². The van der Waals surface area contributed by atoms with Gasteiger partial charge in [0, 0.05) is 6.20 Å². The van der Waals surface area contributed by atoms with Crippen molar-refractivity contribution in [2.75, 3.05) is 14.2 Å². The predicted molar refractivity (Wildman–Crippen MR) is 54.2 cm³/mol. The van der Waals surface area contributed by atoms with Crippen LogP contribution in [0.3, 0.4) is 0 Å².